The first-order valence-electron chi connectivity index (χ1n) is 37.2. The molecule has 3 N–H and O–H groups in total. The second kappa shape index (κ2) is 61.6. The molecule has 0 aromatic rings. The van der Waals surface area contributed by atoms with Crippen molar-refractivity contribution >= 4 is 39.5 Å². The summed E-state index contributed by atoms with van der Waals surface area (Å²) < 4.78 is 68.3. The van der Waals surface area contributed by atoms with Crippen molar-refractivity contribution in [2.24, 2.45) is 23.7 Å². The monoisotopic (exact) mass is 1340 g/mol. The van der Waals surface area contributed by atoms with Crippen molar-refractivity contribution in [3.8, 4) is 0 Å². The van der Waals surface area contributed by atoms with E-state index in [1.54, 1.807) is 0 Å². The first-order valence-corrected chi connectivity index (χ1v) is 40.2. The third-order valence-corrected chi connectivity index (χ3v) is 18.5. The number of rotatable bonds is 69. The summed E-state index contributed by atoms with van der Waals surface area (Å²) in [6.07, 6.45) is 44.6. The maximum Gasteiger partial charge on any atom is 0.472 e. The number of hydrogen-bond acceptors (Lipinski definition) is 15. The van der Waals surface area contributed by atoms with E-state index in [0.29, 0.717) is 37.5 Å². The van der Waals surface area contributed by atoms with Gasteiger partial charge in [0.1, 0.15) is 19.3 Å². The topological polar surface area (TPSA) is 237 Å². The van der Waals surface area contributed by atoms with E-state index in [1.165, 1.54) is 154 Å². The highest BCUT2D eigenvalue weighted by molar-refractivity contribution is 7.47. The van der Waals surface area contributed by atoms with Gasteiger partial charge < -0.3 is 33.8 Å². The molecule has 0 fully saturated rings. The van der Waals surface area contributed by atoms with Crippen molar-refractivity contribution in [1.29, 1.82) is 0 Å². The molecule has 5 atom stereocenters. The summed E-state index contributed by atoms with van der Waals surface area (Å²) in [7, 11) is -9.90. The zero-order valence-corrected chi connectivity index (χ0v) is 61.3. The lowest BCUT2D eigenvalue weighted by Crippen LogP contribution is -2.30. The van der Waals surface area contributed by atoms with Crippen molar-refractivity contribution in [2.75, 3.05) is 39.6 Å². The van der Waals surface area contributed by atoms with Crippen LogP contribution in [-0.2, 0) is 65.4 Å². The van der Waals surface area contributed by atoms with Gasteiger partial charge in [0, 0.05) is 25.7 Å². The second-order valence-corrected chi connectivity index (χ2v) is 30.8. The SMILES string of the molecule is CC(C)CCCCCCCCCCCCCCCCCC(=O)O[C@H](COC(=O)CCCCCCCCCC(C)C)COP(=O)(O)OCC(O)COP(=O)(O)OC[C@@H](COC(=O)CCCCCCCCCCCCC(C)C)OC(=O)CCCCCCCCCC(C)C. The molecule has 3 unspecified atom stereocenters. The normalized spacial score (nSPS) is 14.2. The predicted molar refractivity (Wildman–Crippen MR) is 367 cm³/mol. The molecule has 0 spiro atoms. The number of phosphoric acid groups is 2. The van der Waals surface area contributed by atoms with Crippen LogP contribution < -0.4 is 0 Å². The van der Waals surface area contributed by atoms with Crippen LogP contribution in [0.2, 0.25) is 0 Å². The number of carbonyl (C=O) groups is 4. The summed E-state index contributed by atoms with van der Waals surface area (Å²) in [6, 6.07) is 0. The third kappa shape index (κ3) is 66.5. The minimum atomic E-state index is -4.95. The Bertz CT molecular complexity index is 1800. The van der Waals surface area contributed by atoms with Gasteiger partial charge in [-0.25, -0.2) is 9.13 Å². The van der Waals surface area contributed by atoms with Crippen molar-refractivity contribution in [2.45, 2.75) is 375 Å². The number of carbonyl (C=O) groups excluding carboxylic acids is 4. The Morgan fingerprint density at radius 1 is 0.275 bits per heavy atom. The Kier molecular flexibility index (Phi) is 60.3. The van der Waals surface area contributed by atoms with E-state index in [2.05, 4.69) is 55.4 Å². The lowest BCUT2D eigenvalue weighted by Gasteiger charge is -2.21. The Labute approximate surface area is 556 Å². The molecule has 17 nitrogen and oxygen atoms in total. The molecule has 0 aromatic heterocycles. The van der Waals surface area contributed by atoms with Crippen LogP contribution in [0.5, 0.6) is 0 Å². The summed E-state index contributed by atoms with van der Waals surface area (Å²) in [5, 5.41) is 10.6. The fraction of sp³-hybridized carbons (Fsp3) is 0.944. The molecule has 0 aromatic carbocycles. The molecule has 0 aliphatic heterocycles. The number of aliphatic hydroxyl groups excluding tert-OH is 1. The van der Waals surface area contributed by atoms with Crippen LogP contribution in [-0.4, -0.2) is 96.7 Å². The van der Waals surface area contributed by atoms with Gasteiger partial charge in [0.2, 0.25) is 0 Å². The Morgan fingerprint density at radius 3 is 0.681 bits per heavy atom. The summed E-state index contributed by atoms with van der Waals surface area (Å²) in [5.74, 6) is 0.833. The molecule has 0 heterocycles. The molecule has 91 heavy (non-hydrogen) atoms. The molecule has 0 aliphatic rings. The van der Waals surface area contributed by atoms with Crippen LogP contribution in [0, 0.1) is 23.7 Å². The summed E-state index contributed by atoms with van der Waals surface area (Å²) in [6.45, 7) is 14.1. The first-order chi connectivity index (χ1) is 43.6. The molecule has 0 amide bonds. The number of aliphatic hydroxyl groups is 1. The van der Waals surface area contributed by atoms with E-state index in [4.69, 9.17) is 37.0 Å². The number of hydrogen-bond donors (Lipinski definition) is 3. The van der Waals surface area contributed by atoms with Gasteiger partial charge in [-0.3, -0.25) is 37.3 Å². The molecule has 19 heteroatoms. The molecular weight excluding hydrogens is 1200 g/mol. The second-order valence-electron chi connectivity index (χ2n) is 27.9. The lowest BCUT2D eigenvalue weighted by molar-refractivity contribution is -0.161. The highest BCUT2D eigenvalue weighted by atomic mass is 31.2. The van der Waals surface area contributed by atoms with E-state index in [0.717, 1.165) is 108 Å². The zero-order valence-electron chi connectivity index (χ0n) is 59.5. The van der Waals surface area contributed by atoms with E-state index >= 15 is 0 Å². The van der Waals surface area contributed by atoms with Crippen molar-refractivity contribution in [3.63, 3.8) is 0 Å². The number of phosphoric ester groups is 2. The van der Waals surface area contributed by atoms with E-state index in [1.807, 2.05) is 0 Å². The zero-order chi connectivity index (χ0) is 67.5. The average molecular weight is 1340 g/mol. The highest BCUT2D eigenvalue weighted by Gasteiger charge is 2.30. The van der Waals surface area contributed by atoms with Gasteiger partial charge in [-0.15, -0.1) is 0 Å². The van der Waals surface area contributed by atoms with Crippen LogP contribution in [0.1, 0.15) is 357 Å². The maximum absolute atomic E-state index is 13.0. The number of esters is 4. The minimum absolute atomic E-state index is 0.103. The van der Waals surface area contributed by atoms with E-state index in [9.17, 15) is 43.2 Å². The molecule has 0 bridgehead atoms. The number of unbranched alkanes of at least 4 members (excludes halogenated alkanes) is 35. The third-order valence-electron chi connectivity index (χ3n) is 16.6. The van der Waals surface area contributed by atoms with E-state index in [-0.39, 0.29) is 25.7 Å². The van der Waals surface area contributed by atoms with Crippen molar-refractivity contribution < 1.29 is 80.2 Å². The molecule has 0 radical (unpaired) electrons. The molecule has 0 aliphatic carbocycles. The van der Waals surface area contributed by atoms with E-state index < -0.39 is 97.5 Å². The largest absolute Gasteiger partial charge is 0.472 e. The molecule has 0 rings (SSSR count). The van der Waals surface area contributed by atoms with Gasteiger partial charge in [-0.2, -0.15) is 0 Å². The van der Waals surface area contributed by atoms with Gasteiger partial charge >= 0.3 is 39.5 Å². The lowest BCUT2D eigenvalue weighted by atomic mass is 10.0. The molecule has 0 saturated heterocycles. The summed E-state index contributed by atoms with van der Waals surface area (Å²) in [5.41, 5.74) is 0. The fourth-order valence-electron chi connectivity index (χ4n) is 10.8. The van der Waals surface area contributed by atoms with Gasteiger partial charge in [0.05, 0.1) is 26.4 Å². The summed E-state index contributed by atoms with van der Waals surface area (Å²) >= 11 is 0. The van der Waals surface area contributed by atoms with Gasteiger partial charge in [0.25, 0.3) is 0 Å². The molecule has 0 saturated carbocycles. The van der Waals surface area contributed by atoms with Crippen LogP contribution >= 0.6 is 15.6 Å². The summed E-state index contributed by atoms with van der Waals surface area (Å²) in [4.78, 5) is 72.6. The van der Waals surface area contributed by atoms with Gasteiger partial charge in [-0.05, 0) is 49.4 Å². The first kappa shape index (κ1) is 89.1. The maximum atomic E-state index is 13.0. The molecule has 540 valence electrons. The van der Waals surface area contributed by atoms with Crippen LogP contribution in [0.3, 0.4) is 0 Å². The standard InChI is InChI=1S/C72H140O17P2/c1-62(2)48-40-32-24-18-14-12-10-9-11-13-15-21-29-38-46-54-71(76)88-67(59-83-70(75)53-45-37-30-22-26-34-42-50-64(5)6)60-86-90(78,79)84-56-66(73)57-85-91(80,81)87-61-68(89-72(77)55-47-39-31-23-27-35-43-51-65(7)8)58-82-69(74)52-44-36-28-20-17-16-19-25-33-41-49-63(3)4/h62-68,73H,9-61H2,1-8H3,(H,78,79)(H,80,81)/t66?,67-,68-/m1/s1. The average Bonchev–Trinajstić information content (AvgIpc) is 3.71. The number of ether oxygens (including phenoxy) is 4. The van der Waals surface area contributed by atoms with Crippen LogP contribution in [0.25, 0.3) is 0 Å². The molecular formula is C72H140O17P2. The van der Waals surface area contributed by atoms with Gasteiger partial charge in [-0.1, -0.05) is 306 Å². The Hall–Kier alpha value is -1.94. The predicted octanol–water partition coefficient (Wildman–Crippen LogP) is 20.5. The van der Waals surface area contributed by atoms with Crippen LogP contribution in [0.4, 0.5) is 0 Å². The Morgan fingerprint density at radius 2 is 0.462 bits per heavy atom. The minimum Gasteiger partial charge on any atom is -0.462 e. The van der Waals surface area contributed by atoms with Crippen molar-refractivity contribution in [3.05, 3.63) is 0 Å². The highest BCUT2D eigenvalue weighted by Crippen LogP contribution is 2.45. The smallest absolute Gasteiger partial charge is 0.462 e. The van der Waals surface area contributed by atoms with Crippen molar-refractivity contribution in [1.82, 2.24) is 0 Å². The quantitative estimate of drug-likeness (QED) is 0.0222. The fourth-order valence-corrected chi connectivity index (χ4v) is 12.4. The van der Waals surface area contributed by atoms with Crippen LogP contribution in [0.15, 0.2) is 0 Å². The Balaban J connectivity index is 5.21. The van der Waals surface area contributed by atoms with Gasteiger partial charge in [0.15, 0.2) is 12.2 Å².